The fourth-order valence-corrected chi connectivity index (χ4v) is 2.40. The molecule has 0 aliphatic rings. The molecule has 0 aromatic rings. The minimum absolute atomic E-state index is 0.467. The summed E-state index contributed by atoms with van der Waals surface area (Å²) in [5.74, 6) is 0. The zero-order valence-electron chi connectivity index (χ0n) is 8.28. The summed E-state index contributed by atoms with van der Waals surface area (Å²) in [4.78, 5) is 0. The molecule has 0 bridgehead atoms. The van der Waals surface area contributed by atoms with E-state index in [1.165, 1.54) is 19.3 Å². The Hall–Kier alpha value is 0.674. The second kappa shape index (κ2) is 5.34. The Bertz CT molecular complexity index is 91.5. The Morgan fingerprint density at radius 3 is 1.45 bits per heavy atom. The minimum atomic E-state index is 0.467. The van der Waals surface area contributed by atoms with Gasteiger partial charge in [0.25, 0.3) is 0 Å². The molecule has 0 fully saturated rings. The summed E-state index contributed by atoms with van der Waals surface area (Å²) in [5, 5.41) is 0. The van der Waals surface area contributed by atoms with E-state index in [4.69, 9.17) is 0 Å². The van der Waals surface area contributed by atoms with Crippen LogP contribution >= 0.6 is 0 Å². The van der Waals surface area contributed by atoms with Crippen LogP contribution in [0.4, 0.5) is 0 Å². The molecule has 0 unspecified atom stereocenters. The van der Waals surface area contributed by atoms with Crippen LogP contribution in [-0.2, 0) is 20.7 Å². The van der Waals surface area contributed by atoms with Crippen LogP contribution in [-0.4, -0.2) is 15.5 Å². The second-order valence-electron chi connectivity index (χ2n) is 3.03. The first-order valence-electron chi connectivity index (χ1n) is 4.65. The third-order valence-electron chi connectivity index (χ3n) is 2.86. The molecular weight excluding hydrogens is 170 g/mol. The molecule has 1 nitrogen and oxygen atoms in total. The van der Waals surface area contributed by atoms with Crippen molar-refractivity contribution in [2.24, 2.45) is 0 Å². The fraction of sp³-hybridized carbons (Fsp3) is 1.00. The molecule has 0 amide bonds. The summed E-state index contributed by atoms with van der Waals surface area (Å²) in [6.45, 7) is 10.3. The Kier molecular flexibility index (Phi) is 5.67. The predicted octanol–water partition coefficient (Wildman–Crippen LogP) is 2.74. The van der Waals surface area contributed by atoms with Gasteiger partial charge in [0.1, 0.15) is 0 Å². The molecule has 0 spiro atoms. The van der Waals surface area contributed by atoms with Gasteiger partial charge in [0.05, 0.1) is 0 Å². The van der Waals surface area contributed by atoms with Gasteiger partial charge in [-0.25, -0.2) is 0 Å². The molecule has 0 aliphatic carbocycles. The van der Waals surface area contributed by atoms with E-state index in [0.717, 1.165) is 6.54 Å². The summed E-state index contributed by atoms with van der Waals surface area (Å²) in [6.07, 6.45) is 3.80. The van der Waals surface area contributed by atoms with Crippen LogP contribution in [0.3, 0.4) is 0 Å². The van der Waals surface area contributed by atoms with E-state index in [9.17, 15) is 0 Å². The maximum absolute atomic E-state index is 2.48. The zero-order chi connectivity index (χ0) is 8.91. The molecule has 0 aromatic carbocycles. The first kappa shape index (κ1) is 11.7. The van der Waals surface area contributed by atoms with Gasteiger partial charge in [0.2, 0.25) is 0 Å². The standard InChI is InChI=1S/C9H20N.Ti/c1-5-9(6-2,7-3)10-8-4;/h5-8H2,1-4H3;/q-1;+1. The van der Waals surface area contributed by atoms with Crippen molar-refractivity contribution in [1.29, 1.82) is 0 Å². The van der Waals surface area contributed by atoms with Crippen molar-refractivity contribution in [3.8, 4) is 0 Å². The fourth-order valence-electron chi connectivity index (χ4n) is 1.66. The number of rotatable bonds is 5. The quantitative estimate of drug-likeness (QED) is 0.602. The number of hydrogen-bond acceptors (Lipinski definition) is 1. The van der Waals surface area contributed by atoms with Gasteiger partial charge < -0.3 is 0 Å². The molecule has 2 heteroatoms. The molecule has 0 radical (unpaired) electrons. The normalized spacial score (nSPS) is 12.4. The van der Waals surface area contributed by atoms with Crippen LogP contribution in [0.5, 0.6) is 0 Å². The van der Waals surface area contributed by atoms with Gasteiger partial charge in [-0.15, -0.1) is 0 Å². The Morgan fingerprint density at radius 1 is 1.00 bits per heavy atom. The van der Waals surface area contributed by atoms with Crippen molar-refractivity contribution >= 4 is 0 Å². The molecule has 0 saturated heterocycles. The molecule has 0 aliphatic heterocycles. The van der Waals surface area contributed by atoms with Crippen molar-refractivity contribution in [1.82, 2.24) is 3.38 Å². The molecule has 0 heterocycles. The second-order valence-corrected chi connectivity index (χ2v) is 3.87. The molecule has 0 rings (SSSR count). The van der Waals surface area contributed by atoms with Crippen molar-refractivity contribution in [2.45, 2.75) is 52.5 Å². The summed E-state index contributed by atoms with van der Waals surface area (Å²) in [6, 6.07) is 0. The first-order valence-corrected chi connectivity index (χ1v) is 5.35. The third-order valence-corrected chi connectivity index (χ3v) is 4.10. The van der Waals surface area contributed by atoms with Crippen molar-refractivity contribution in [3.63, 3.8) is 0 Å². The van der Waals surface area contributed by atoms with Crippen molar-refractivity contribution in [2.75, 3.05) is 6.54 Å². The van der Waals surface area contributed by atoms with Crippen LogP contribution in [0, 0.1) is 0 Å². The predicted molar refractivity (Wildman–Crippen MR) is 46.0 cm³/mol. The molecule has 0 aromatic heterocycles. The van der Waals surface area contributed by atoms with Gasteiger partial charge in [0, 0.05) is 0 Å². The average Bonchev–Trinajstić information content (AvgIpc) is 2.08. The first-order chi connectivity index (χ1) is 5.16. The summed E-state index contributed by atoms with van der Waals surface area (Å²) in [7, 11) is 0. The summed E-state index contributed by atoms with van der Waals surface area (Å²) in [5.41, 5.74) is 0.467. The molecule has 0 N–H and O–H groups in total. The van der Waals surface area contributed by atoms with Gasteiger partial charge in [-0.1, -0.05) is 0 Å². The Morgan fingerprint density at radius 2 is 1.36 bits per heavy atom. The van der Waals surface area contributed by atoms with E-state index in [0.29, 0.717) is 5.54 Å². The monoisotopic (exact) mass is 190 g/mol. The summed E-state index contributed by atoms with van der Waals surface area (Å²) < 4.78 is 2.48. The van der Waals surface area contributed by atoms with Crippen molar-refractivity contribution < 1.29 is 20.7 Å². The molecular formula is C9H20NTi. The van der Waals surface area contributed by atoms with Gasteiger partial charge in [-0.2, -0.15) is 0 Å². The molecule has 65 valence electrons. The van der Waals surface area contributed by atoms with E-state index in [1.54, 1.807) is 0 Å². The Labute approximate surface area is 83.3 Å². The van der Waals surface area contributed by atoms with E-state index < -0.39 is 0 Å². The van der Waals surface area contributed by atoms with Crippen LogP contribution < -0.4 is 0 Å². The van der Waals surface area contributed by atoms with Crippen molar-refractivity contribution in [3.05, 3.63) is 0 Å². The van der Waals surface area contributed by atoms with E-state index >= 15 is 0 Å². The third kappa shape index (κ3) is 2.57. The van der Waals surface area contributed by atoms with E-state index in [-0.39, 0.29) is 0 Å². The summed E-state index contributed by atoms with van der Waals surface area (Å²) >= 11 is 2.23. The SMILES string of the molecule is CC[N]([Ti])C(CC)(CC)CC. The maximum atomic E-state index is 2.48. The van der Waals surface area contributed by atoms with E-state index in [1.807, 2.05) is 0 Å². The van der Waals surface area contributed by atoms with Crippen LogP contribution in [0.1, 0.15) is 47.0 Å². The molecule has 0 saturated carbocycles. The Balaban J connectivity index is 4.26. The van der Waals surface area contributed by atoms with E-state index in [2.05, 4.69) is 51.8 Å². The van der Waals surface area contributed by atoms with Gasteiger partial charge in [-0.05, 0) is 0 Å². The number of nitrogens with zero attached hydrogens (tertiary/aromatic N) is 1. The van der Waals surface area contributed by atoms with Crippen LogP contribution in [0.2, 0.25) is 0 Å². The van der Waals surface area contributed by atoms with Gasteiger partial charge in [-0.3, -0.25) is 0 Å². The van der Waals surface area contributed by atoms with Gasteiger partial charge in [0.15, 0.2) is 0 Å². The topological polar surface area (TPSA) is 3.24 Å². The van der Waals surface area contributed by atoms with Crippen LogP contribution in [0.15, 0.2) is 0 Å². The molecule has 11 heavy (non-hydrogen) atoms. The molecule has 0 atom stereocenters. The number of hydrogen-bond donors (Lipinski definition) is 0. The average molecular weight is 190 g/mol. The van der Waals surface area contributed by atoms with Gasteiger partial charge >= 0.3 is 83.1 Å². The van der Waals surface area contributed by atoms with Crippen LogP contribution in [0.25, 0.3) is 0 Å². The zero-order valence-corrected chi connectivity index (χ0v) is 9.84.